The van der Waals surface area contributed by atoms with Crippen molar-refractivity contribution in [2.24, 2.45) is 0 Å². The molecule has 5 heteroatoms. The lowest BCUT2D eigenvalue weighted by atomic mass is 9.98. The number of nitrogens with zero attached hydrogens (tertiary/aromatic N) is 4. The summed E-state index contributed by atoms with van der Waals surface area (Å²) in [6, 6.07) is 67.5. The summed E-state index contributed by atoms with van der Waals surface area (Å²) in [6.45, 7) is 0. The highest BCUT2D eigenvalue weighted by Gasteiger charge is 2.19. The second-order valence-corrected chi connectivity index (χ2v) is 14.0. The largest absolute Gasteiger partial charge is 0.456 e. The van der Waals surface area contributed by atoms with Crippen LogP contribution in [0.4, 0.5) is 0 Å². The summed E-state index contributed by atoms with van der Waals surface area (Å²) >= 11 is 0. The van der Waals surface area contributed by atoms with Crippen molar-refractivity contribution >= 4 is 43.7 Å². The summed E-state index contributed by atoms with van der Waals surface area (Å²) in [5.74, 6) is 1.90. The molecule has 0 atom stereocenters. The zero-order valence-corrected chi connectivity index (χ0v) is 30.2. The van der Waals surface area contributed by atoms with Crippen molar-refractivity contribution in [3.8, 4) is 62.1 Å². The molecule has 0 amide bonds. The molecule has 262 valence electrons. The highest BCUT2D eigenvalue weighted by Crippen LogP contribution is 2.41. The maximum Gasteiger partial charge on any atom is 0.164 e. The van der Waals surface area contributed by atoms with Gasteiger partial charge in [0, 0.05) is 43.8 Å². The van der Waals surface area contributed by atoms with Crippen molar-refractivity contribution in [1.82, 2.24) is 19.5 Å². The van der Waals surface area contributed by atoms with E-state index in [1.54, 1.807) is 0 Å². The third kappa shape index (κ3) is 5.29. The molecule has 3 heterocycles. The molecule has 11 aromatic rings. The number of aromatic nitrogens is 4. The number of hydrogen-bond donors (Lipinski definition) is 0. The Morgan fingerprint density at radius 1 is 0.339 bits per heavy atom. The Kier molecular flexibility index (Phi) is 7.42. The van der Waals surface area contributed by atoms with Crippen LogP contribution in [-0.4, -0.2) is 19.5 Å². The van der Waals surface area contributed by atoms with Gasteiger partial charge in [-0.05, 0) is 53.1 Å². The molecule has 0 aliphatic rings. The standard InChI is InChI=1S/C51H32N4O/c1-3-15-33(16-4-1)49-52-50(34-17-5-2-6-18-34)54-51(53-49)37-20-13-19-35(31-37)38-21-7-10-25-43(38)55-44-26-11-8-22-40(44)41-30-29-36(32-45(41)55)39-24-14-28-47-48(39)42-23-9-12-27-46(42)56-47/h1-32H. The van der Waals surface area contributed by atoms with Crippen LogP contribution >= 0.6 is 0 Å². The maximum absolute atomic E-state index is 6.29. The van der Waals surface area contributed by atoms with Gasteiger partial charge in [-0.2, -0.15) is 0 Å². The topological polar surface area (TPSA) is 56.7 Å². The second-order valence-electron chi connectivity index (χ2n) is 14.0. The summed E-state index contributed by atoms with van der Waals surface area (Å²) in [7, 11) is 0. The van der Waals surface area contributed by atoms with E-state index in [1.807, 2.05) is 72.8 Å². The molecular weight excluding hydrogens is 685 g/mol. The number of hydrogen-bond acceptors (Lipinski definition) is 4. The van der Waals surface area contributed by atoms with E-state index in [-0.39, 0.29) is 0 Å². The van der Waals surface area contributed by atoms with E-state index in [9.17, 15) is 0 Å². The molecule has 0 aliphatic heterocycles. The van der Waals surface area contributed by atoms with E-state index in [4.69, 9.17) is 19.4 Å². The number of rotatable bonds is 6. The van der Waals surface area contributed by atoms with Gasteiger partial charge in [-0.1, -0.05) is 158 Å². The number of benzene rings is 8. The van der Waals surface area contributed by atoms with Gasteiger partial charge in [0.1, 0.15) is 11.2 Å². The average molecular weight is 717 g/mol. The maximum atomic E-state index is 6.29. The Morgan fingerprint density at radius 3 is 1.66 bits per heavy atom. The molecule has 0 radical (unpaired) electrons. The van der Waals surface area contributed by atoms with Gasteiger partial charge in [-0.3, -0.25) is 0 Å². The van der Waals surface area contributed by atoms with E-state index in [1.165, 1.54) is 10.8 Å². The molecule has 0 bridgehead atoms. The fourth-order valence-electron chi connectivity index (χ4n) is 8.09. The minimum Gasteiger partial charge on any atom is -0.456 e. The monoisotopic (exact) mass is 716 g/mol. The first-order valence-electron chi connectivity index (χ1n) is 18.8. The quantitative estimate of drug-likeness (QED) is 0.172. The van der Waals surface area contributed by atoms with Crippen molar-refractivity contribution in [2.75, 3.05) is 0 Å². The van der Waals surface area contributed by atoms with Crippen molar-refractivity contribution in [3.05, 3.63) is 194 Å². The lowest BCUT2D eigenvalue weighted by Gasteiger charge is -2.15. The second kappa shape index (κ2) is 13.0. The molecule has 5 nitrogen and oxygen atoms in total. The van der Waals surface area contributed by atoms with Gasteiger partial charge in [-0.25, -0.2) is 15.0 Å². The van der Waals surface area contributed by atoms with E-state index in [2.05, 4.69) is 126 Å². The van der Waals surface area contributed by atoms with Gasteiger partial charge in [0.15, 0.2) is 17.5 Å². The Balaban J connectivity index is 1.09. The van der Waals surface area contributed by atoms with Crippen molar-refractivity contribution in [3.63, 3.8) is 0 Å². The van der Waals surface area contributed by atoms with Crippen molar-refractivity contribution < 1.29 is 4.42 Å². The van der Waals surface area contributed by atoms with Gasteiger partial charge in [-0.15, -0.1) is 0 Å². The summed E-state index contributed by atoms with van der Waals surface area (Å²) in [5, 5.41) is 4.65. The number of fused-ring (bicyclic) bond motifs is 6. The predicted octanol–water partition coefficient (Wildman–Crippen LogP) is 13.2. The zero-order valence-electron chi connectivity index (χ0n) is 30.2. The fourth-order valence-corrected chi connectivity index (χ4v) is 8.09. The molecule has 0 unspecified atom stereocenters. The molecule has 0 fully saturated rings. The van der Waals surface area contributed by atoms with E-state index < -0.39 is 0 Å². The Labute approximate surface area is 322 Å². The molecule has 11 rings (SSSR count). The van der Waals surface area contributed by atoms with E-state index in [0.717, 1.165) is 77.6 Å². The smallest absolute Gasteiger partial charge is 0.164 e. The van der Waals surface area contributed by atoms with Crippen LogP contribution in [0.15, 0.2) is 199 Å². The number of para-hydroxylation sites is 3. The fraction of sp³-hybridized carbons (Fsp3) is 0. The summed E-state index contributed by atoms with van der Waals surface area (Å²) < 4.78 is 8.70. The van der Waals surface area contributed by atoms with Crippen LogP contribution in [0.3, 0.4) is 0 Å². The molecule has 8 aromatic carbocycles. The van der Waals surface area contributed by atoms with Crippen LogP contribution < -0.4 is 0 Å². The van der Waals surface area contributed by atoms with Gasteiger partial charge in [0.05, 0.1) is 16.7 Å². The van der Waals surface area contributed by atoms with Gasteiger partial charge < -0.3 is 8.98 Å². The molecule has 3 aromatic heterocycles. The van der Waals surface area contributed by atoms with Crippen LogP contribution in [0.25, 0.3) is 106 Å². The molecular formula is C51H32N4O. The Bertz CT molecular complexity index is 3200. The first-order valence-corrected chi connectivity index (χ1v) is 18.8. The average Bonchev–Trinajstić information content (AvgIpc) is 3.82. The van der Waals surface area contributed by atoms with Crippen LogP contribution in [0.2, 0.25) is 0 Å². The summed E-state index contributed by atoms with van der Waals surface area (Å²) in [5.41, 5.74) is 12.4. The van der Waals surface area contributed by atoms with Gasteiger partial charge >= 0.3 is 0 Å². The van der Waals surface area contributed by atoms with Crippen LogP contribution in [0.1, 0.15) is 0 Å². The Morgan fingerprint density at radius 2 is 0.875 bits per heavy atom. The number of furan rings is 1. The first-order chi connectivity index (χ1) is 27.8. The predicted molar refractivity (Wildman–Crippen MR) is 229 cm³/mol. The molecule has 0 aliphatic carbocycles. The van der Waals surface area contributed by atoms with Crippen molar-refractivity contribution in [1.29, 1.82) is 0 Å². The lowest BCUT2D eigenvalue weighted by molar-refractivity contribution is 0.669. The molecule has 0 saturated carbocycles. The van der Waals surface area contributed by atoms with Crippen LogP contribution in [0, 0.1) is 0 Å². The van der Waals surface area contributed by atoms with E-state index in [0.29, 0.717) is 17.5 Å². The molecule has 56 heavy (non-hydrogen) atoms. The molecule has 0 N–H and O–H groups in total. The molecule has 0 spiro atoms. The first kappa shape index (κ1) is 31.9. The minimum atomic E-state index is 0.625. The third-order valence-electron chi connectivity index (χ3n) is 10.7. The highest BCUT2D eigenvalue weighted by molar-refractivity contribution is 6.15. The summed E-state index contributed by atoms with van der Waals surface area (Å²) in [6.07, 6.45) is 0. The zero-order chi connectivity index (χ0) is 37.0. The highest BCUT2D eigenvalue weighted by atomic mass is 16.3. The van der Waals surface area contributed by atoms with E-state index >= 15 is 0 Å². The normalized spacial score (nSPS) is 11.6. The minimum absolute atomic E-state index is 0.625. The SMILES string of the molecule is c1ccc(-c2nc(-c3ccccc3)nc(-c3cccc(-c4ccccc4-n4c5ccccc5c5ccc(-c6cccc7oc8ccccc8c67)cc54)c3)n2)cc1. The third-order valence-corrected chi connectivity index (χ3v) is 10.7. The Hall–Kier alpha value is -7.63. The summed E-state index contributed by atoms with van der Waals surface area (Å²) in [4.78, 5) is 15.0. The molecule has 0 saturated heterocycles. The van der Waals surface area contributed by atoms with Crippen LogP contribution in [-0.2, 0) is 0 Å². The van der Waals surface area contributed by atoms with Gasteiger partial charge in [0.25, 0.3) is 0 Å². The van der Waals surface area contributed by atoms with Gasteiger partial charge in [0.2, 0.25) is 0 Å². The lowest BCUT2D eigenvalue weighted by Crippen LogP contribution is -2.00. The van der Waals surface area contributed by atoms with Crippen LogP contribution in [0.5, 0.6) is 0 Å². The van der Waals surface area contributed by atoms with Crippen molar-refractivity contribution in [2.45, 2.75) is 0 Å².